The Morgan fingerprint density at radius 1 is 1.47 bits per heavy atom. The SMILES string of the molecule is CNCC1CCN(C(=O)COc2ccc(I)cc2)C1. The molecule has 0 aromatic heterocycles. The molecule has 19 heavy (non-hydrogen) atoms. The third-order valence-electron chi connectivity index (χ3n) is 3.31. The maximum Gasteiger partial charge on any atom is 0.260 e. The zero-order chi connectivity index (χ0) is 13.7. The number of ether oxygens (including phenoxy) is 1. The normalized spacial score (nSPS) is 18.6. The standard InChI is InChI=1S/C14H19IN2O2/c1-16-8-11-6-7-17(9-11)14(18)10-19-13-4-2-12(15)3-5-13/h2-5,11,16H,6-10H2,1H3. The van der Waals surface area contributed by atoms with E-state index in [4.69, 9.17) is 4.74 Å². The second-order valence-electron chi connectivity index (χ2n) is 4.79. The number of hydrogen-bond donors (Lipinski definition) is 1. The van der Waals surface area contributed by atoms with Gasteiger partial charge >= 0.3 is 0 Å². The van der Waals surface area contributed by atoms with Gasteiger partial charge < -0.3 is 15.0 Å². The summed E-state index contributed by atoms with van der Waals surface area (Å²) in [6.45, 7) is 2.80. The molecule has 0 bridgehead atoms. The van der Waals surface area contributed by atoms with Gasteiger partial charge in [0, 0.05) is 16.7 Å². The summed E-state index contributed by atoms with van der Waals surface area (Å²) in [7, 11) is 1.95. The summed E-state index contributed by atoms with van der Waals surface area (Å²) in [4.78, 5) is 13.9. The first-order chi connectivity index (χ1) is 9.19. The minimum Gasteiger partial charge on any atom is -0.484 e. The summed E-state index contributed by atoms with van der Waals surface area (Å²) < 4.78 is 6.68. The van der Waals surface area contributed by atoms with Crippen LogP contribution in [-0.2, 0) is 4.79 Å². The Balaban J connectivity index is 1.77. The molecular weight excluding hydrogens is 355 g/mol. The molecule has 1 aliphatic heterocycles. The number of hydrogen-bond acceptors (Lipinski definition) is 3. The number of nitrogens with one attached hydrogen (secondary N) is 1. The van der Waals surface area contributed by atoms with Crippen molar-refractivity contribution < 1.29 is 9.53 Å². The Morgan fingerprint density at radius 3 is 2.89 bits per heavy atom. The second kappa shape index (κ2) is 7.09. The number of rotatable bonds is 5. The quantitative estimate of drug-likeness (QED) is 0.799. The number of carbonyl (C=O) groups is 1. The third-order valence-corrected chi connectivity index (χ3v) is 4.03. The van der Waals surface area contributed by atoms with Gasteiger partial charge in [-0.2, -0.15) is 0 Å². The summed E-state index contributed by atoms with van der Waals surface area (Å²) >= 11 is 2.24. The van der Waals surface area contributed by atoms with Gasteiger partial charge in [-0.25, -0.2) is 0 Å². The Kier molecular flexibility index (Phi) is 5.45. The Morgan fingerprint density at radius 2 is 2.21 bits per heavy atom. The van der Waals surface area contributed by atoms with Crippen LogP contribution in [-0.4, -0.2) is 44.1 Å². The van der Waals surface area contributed by atoms with Crippen LogP contribution in [0.25, 0.3) is 0 Å². The molecule has 5 heteroatoms. The van der Waals surface area contributed by atoms with Crippen LogP contribution in [0.3, 0.4) is 0 Å². The molecule has 2 rings (SSSR count). The predicted molar refractivity (Wildman–Crippen MR) is 83.3 cm³/mol. The van der Waals surface area contributed by atoms with Gasteiger partial charge in [0.2, 0.25) is 0 Å². The van der Waals surface area contributed by atoms with Crippen LogP contribution in [0.2, 0.25) is 0 Å². The van der Waals surface area contributed by atoms with Crippen molar-refractivity contribution in [1.29, 1.82) is 0 Å². The van der Waals surface area contributed by atoms with Crippen molar-refractivity contribution in [3.05, 3.63) is 27.8 Å². The minimum absolute atomic E-state index is 0.0807. The van der Waals surface area contributed by atoms with Crippen LogP contribution < -0.4 is 10.1 Å². The molecule has 1 unspecified atom stereocenters. The molecule has 1 fully saturated rings. The average molecular weight is 374 g/mol. The molecule has 1 amide bonds. The highest BCUT2D eigenvalue weighted by Crippen LogP contribution is 2.17. The van der Waals surface area contributed by atoms with Crippen molar-refractivity contribution in [3.8, 4) is 5.75 Å². The molecular formula is C14H19IN2O2. The van der Waals surface area contributed by atoms with Gasteiger partial charge in [-0.15, -0.1) is 0 Å². The largest absolute Gasteiger partial charge is 0.484 e. The smallest absolute Gasteiger partial charge is 0.260 e. The number of carbonyl (C=O) groups excluding carboxylic acids is 1. The first kappa shape index (κ1) is 14.6. The fraction of sp³-hybridized carbons (Fsp3) is 0.500. The van der Waals surface area contributed by atoms with Crippen LogP contribution in [0.15, 0.2) is 24.3 Å². The van der Waals surface area contributed by atoms with Crippen molar-refractivity contribution in [2.45, 2.75) is 6.42 Å². The van der Waals surface area contributed by atoms with Crippen molar-refractivity contribution in [1.82, 2.24) is 10.2 Å². The molecule has 104 valence electrons. The first-order valence-corrected chi connectivity index (χ1v) is 7.57. The molecule has 1 aliphatic rings. The number of likely N-dealkylation sites (tertiary alicyclic amines) is 1. The minimum atomic E-state index is 0.0807. The molecule has 1 aromatic rings. The topological polar surface area (TPSA) is 41.6 Å². The first-order valence-electron chi connectivity index (χ1n) is 6.50. The lowest BCUT2D eigenvalue weighted by Gasteiger charge is -2.17. The summed E-state index contributed by atoms with van der Waals surface area (Å²) in [6.07, 6.45) is 1.08. The van der Waals surface area contributed by atoms with Crippen LogP contribution in [0.5, 0.6) is 5.75 Å². The van der Waals surface area contributed by atoms with Gasteiger partial charge in [0.1, 0.15) is 5.75 Å². The molecule has 0 radical (unpaired) electrons. The highest BCUT2D eigenvalue weighted by atomic mass is 127. The number of amides is 1. The van der Waals surface area contributed by atoms with E-state index in [1.807, 2.05) is 36.2 Å². The molecule has 1 heterocycles. The summed E-state index contributed by atoms with van der Waals surface area (Å²) in [5.74, 6) is 1.41. The zero-order valence-electron chi connectivity index (χ0n) is 11.1. The number of nitrogens with zero attached hydrogens (tertiary/aromatic N) is 1. The van der Waals surface area contributed by atoms with Gasteiger partial charge in [-0.05, 0) is 72.8 Å². The number of benzene rings is 1. The molecule has 1 atom stereocenters. The second-order valence-corrected chi connectivity index (χ2v) is 6.04. The summed E-state index contributed by atoms with van der Waals surface area (Å²) in [5, 5.41) is 3.16. The molecule has 1 saturated heterocycles. The third kappa shape index (κ3) is 4.35. The molecule has 0 saturated carbocycles. The van der Waals surface area contributed by atoms with E-state index in [-0.39, 0.29) is 12.5 Å². The number of halogens is 1. The highest BCUT2D eigenvalue weighted by molar-refractivity contribution is 14.1. The van der Waals surface area contributed by atoms with E-state index >= 15 is 0 Å². The van der Waals surface area contributed by atoms with Crippen molar-refractivity contribution >= 4 is 28.5 Å². The Hall–Kier alpha value is -0.820. The average Bonchev–Trinajstić information content (AvgIpc) is 2.87. The van der Waals surface area contributed by atoms with E-state index in [1.165, 1.54) is 0 Å². The van der Waals surface area contributed by atoms with E-state index in [0.29, 0.717) is 5.92 Å². The molecule has 0 aliphatic carbocycles. The lowest BCUT2D eigenvalue weighted by atomic mass is 10.1. The fourth-order valence-electron chi connectivity index (χ4n) is 2.28. The van der Waals surface area contributed by atoms with Gasteiger partial charge in [-0.1, -0.05) is 0 Å². The maximum absolute atomic E-state index is 12.0. The van der Waals surface area contributed by atoms with E-state index < -0.39 is 0 Å². The van der Waals surface area contributed by atoms with Crippen molar-refractivity contribution in [2.75, 3.05) is 33.3 Å². The van der Waals surface area contributed by atoms with Gasteiger partial charge in [0.05, 0.1) is 0 Å². The van der Waals surface area contributed by atoms with E-state index in [1.54, 1.807) is 0 Å². The molecule has 1 aromatic carbocycles. The predicted octanol–water partition coefficient (Wildman–Crippen LogP) is 1.74. The fourth-order valence-corrected chi connectivity index (χ4v) is 2.64. The van der Waals surface area contributed by atoms with Crippen LogP contribution in [0, 0.1) is 9.49 Å². The summed E-state index contributed by atoms with van der Waals surface area (Å²) in [5.41, 5.74) is 0. The maximum atomic E-state index is 12.0. The van der Waals surface area contributed by atoms with E-state index in [2.05, 4.69) is 27.9 Å². The van der Waals surface area contributed by atoms with Gasteiger partial charge in [-0.3, -0.25) is 4.79 Å². The molecule has 1 N–H and O–H groups in total. The highest BCUT2D eigenvalue weighted by Gasteiger charge is 2.25. The lowest BCUT2D eigenvalue weighted by Crippen LogP contribution is -2.34. The van der Waals surface area contributed by atoms with E-state index in [9.17, 15) is 4.79 Å². The van der Waals surface area contributed by atoms with Crippen LogP contribution in [0.1, 0.15) is 6.42 Å². The van der Waals surface area contributed by atoms with Gasteiger partial charge in [0.25, 0.3) is 5.91 Å². The monoisotopic (exact) mass is 374 g/mol. The Bertz CT molecular complexity index is 422. The van der Waals surface area contributed by atoms with Crippen LogP contribution >= 0.6 is 22.6 Å². The lowest BCUT2D eigenvalue weighted by molar-refractivity contribution is -0.132. The van der Waals surface area contributed by atoms with Gasteiger partial charge in [0.15, 0.2) is 6.61 Å². The zero-order valence-corrected chi connectivity index (χ0v) is 13.2. The van der Waals surface area contributed by atoms with Crippen molar-refractivity contribution in [3.63, 3.8) is 0 Å². The van der Waals surface area contributed by atoms with Crippen molar-refractivity contribution in [2.24, 2.45) is 5.92 Å². The van der Waals surface area contributed by atoms with Crippen LogP contribution in [0.4, 0.5) is 0 Å². The van der Waals surface area contributed by atoms with E-state index in [0.717, 1.165) is 35.4 Å². The summed E-state index contributed by atoms with van der Waals surface area (Å²) in [6, 6.07) is 7.73. The molecule has 0 spiro atoms. The molecule has 4 nitrogen and oxygen atoms in total. The Labute approximate surface area is 127 Å².